The smallest absolute Gasteiger partial charge is 0.417 e. The first-order valence-electron chi connectivity index (χ1n) is 10.3. The Bertz CT molecular complexity index is 939. The summed E-state index contributed by atoms with van der Waals surface area (Å²) in [5.41, 5.74) is -5.89. The first-order valence-corrected chi connectivity index (χ1v) is 11.3. The Morgan fingerprint density at radius 2 is 1.39 bits per heavy atom. The number of hydrogen-bond acceptors (Lipinski definition) is 3. The molecule has 0 fully saturated rings. The second-order valence-corrected chi connectivity index (χ2v) is 8.75. The van der Waals surface area contributed by atoms with E-state index < -0.39 is 43.1 Å². The number of ether oxygens (including phenoxy) is 2. The van der Waals surface area contributed by atoms with Gasteiger partial charge in [-0.1, -0.05) is 19.9 Å². The molecule has 33 heavy (non-hydrogen) atoms. The molecule has 3 nitrogen and oxygen atoms in total. The molecular formula is C23H25F6O3P. The van der Waals surface area contributed by atoms with Crippen LogP contribution in [0.25, 0.3) is 0 Å². The molecule has 0 aliphatic rings. The molecule has 3 atom stereocenters. The maximum absolute atomic E-state index is 13.5. The minimum absolute atomic E-state index is 0.121. The molecule has 0 N–H and O–H groups in total. The van der Waals surface area contributed by atoms with E-state index in [9.17, 15) is 31.1 Å². The van der Waals surface area contributed by atoms with E-state index in [1.165, 1.54) is 18.2 Å². The van der Waals surface area contributed by atoms with Crippen LogP contribution in [0.2, 0.25) is 0 Å². The summed E-state index contributed by atoms with van der Waals surface area (Å²) in [7, 11) is -1.02. The quantitative estimate of drug-likeness (QED) is 0.273. The summed E-state index contributed by atoms with van der Waals surface area (Å²) in [4.78, 5) is 12.9. The van der Waals surface area contributed by atoms with Gasteiger partial charge in [0, 0.05) is 16.9 Å². The second-order valence-electron chi connectivity index (χ2n) is 7.51. The summed E-state index contributed by atoms with van der Waals surface area (Å²) in [6, 6.07) is 6.07. The molecule has 0 saturated carbocycles. The molecule has 2 aromatic rings. The summed E-state index contributed by atoms with van der Waals surface area (Å²) in [6.07, 6.45) is -9.35. The van der Waals surface area contributed by atoms with Crippen LogP contribution in [0.1, 0.15) is 62.0 Å². The third kappa shape index (κ3) is 7.10. The van der Waals surface area contributed by atoms with Gasteiger partial charge in [-0.3, -0.25) is 4.79 Å². The lowest BCUT2D eigenvalue weighted by molar-refractivity contribution is -0.143. The number of carbonyl (C=O) groups is 1. The molecule has 0 saturated heterocycles. The average molecular weight is 494 g/mol. The first kappa shape index (κ1) is 27.0. The molecule has 0 spiro atoms. The van der Waals surface area contributed by atoms with E-state index in [2.05, 4.69) is 0 Å². The zero-order chi connectivity index (χ0) is 25.0. The van der Waals surface area contributed by atoms with Gasteiger partial charge in [-0.05, 0) is 59.5 Å². The Kier molecular flexibility index (Phi) is 8.80. The highest BCUT2D eigenvalue weighted by Gasteiger charge is 2.42. The Morgan fingerprint density at radius 1 is 0.879 bits per heavy atom. The Morgan fingerprint density at radius 3 is 1.88 bits per heavy atom. The minimum Gasteiger partial charge on any atom is -0.491 e. The van der Waals surface area contributed by atoms with E-state index in [-0.39, 0.29) is 23.3 Å². The number of rotatable bonds is 9. The predicted molar refractivity (Wildman–Crippen MR) is 116 cm³/mol. The summed E-state index contributed by atoms with van der Waals surface area (Å²) in [5, 5.41) is 0.196. The van der Waals surface area contributed by atoms with Gasteiger partial charge < -0.3 is 9.47 Å². The first-order chi connectivity index (χ1) is 15.3. The van der Waals surface area contributed by atoms with E-state index in [4.69, 9.17) is 9.47 Å². The van der Waals surface area contributed by atoms with Crippen molar-refractivity contribution in [2.24, 2.45) is 0 Å². The average Bonchev–Trinajstić information content (AvgIpc) is 2.73. The van der Waals surface area contributed by atoms with Gasteiger partial charge in [0.15, 0.2) is 5.52 Å². The van der Waals surface area contributed by atoms with Crippen LogP contribution in [-0.2, 0) is 12.4 Å². The minimum atomic E-state index is -5.12. The van der Waals surface area contributed by atoms with Gasteiger partial charge in [0.1, 0.15) is 11.5 Å². The van der Waals surface area contributed by atoms with Crippen molar-refractivity contribution in [1.29, 1.82) is 0 Å². The van der Waals surface area contributed by atoms with Crippen molar-refractivity contribution in [3.63, 3.8) is 0 Å². The van der Waals surface area contributed by atoms with E-state index in [1.807, 2.05) is 20.8 Å². The zero-order valence-electron chi connectivity index (χ0n) is 18.5. The molecule has 0 heterocycles. The largest absolute Gasteiger partial charge is 0.491 e. The van der Waals surface area contributed by atoms with Crippen LogP contribution in [-0.4, -0.2) is 17.7 Å². The topological polar surface area (TPSA) is 35.5 Å². The highest BCUT2D eigenvalue weighted by atomic mass is 31.1. The second kappa shape index (κ2) is 10.8. The lowest BCUT2D eigenvalue weighted by atomic mass is 10.0. The van der Waals surface area contributed by atoms with Crippen LogP contribution in [0.5, 0.6) is 11.5 Å². The number of carbonyl (C=O) groups excluding carboxylic acids is 1. The molecule has 0 aromatic heterocycles. The predicted octanol–water partition coefficient (Wildman–Crippen LogP) is 7.22. The third-order valence-electron chi connectivity index (χ3n) is 4.92. The van der Waals surface area contributed by atoms with E-state index in [1.54, 1.807) is 6.92 Å². The van der Waals surface area contributed by atoms with Crippen molar-refractivity contribution < 1.29 is 40.6 Å². The maximum atomic E-state index is 13.5. The lowest BCUT2D eigenvalue weighted by Crippen LogP contribution is -2.20. The van der Waals surface area contributed by atoms with Gasteiger partial charge in [0.05, 0.1) is 23.3 Å². The molecule has 10 heteroatoms. The molecule has 0 aliphatic heterocycles. The molecule has 182 valence electrons. The Hall–Kier alpha value is -2.28. The molecule has 0 amide bonds. The summed E-state index contributed by atoms with van der Waals surface area (Å²) >= 11 is 0. The van der Waals surface area contributed by atoms with Crippen LogP contribution >= 0.6 is 8.58 Å². The summed E-state index contributed by atoms with van der Waals surface area (Å²) in [5.74, 6) is 0.616. The fourth-order valence-electron chi connectivity index (χ4n) is 2.85. The number of benzene rings is 2. The normalized spacial score (nSPS) is 14.4. The van der Waals surface area contributed by atoms with Crippen molar-refractivity contribution in [2.45, 2.75) is 65.1 Å². The van der Waals surface area contributed by atoms with Gasteiger partial charge in [0.2, 0.25) is 0 Å². The number of alkyl halides is 6. The zero-order valence-corrected chi connectivity index (χ0v) is 19.5. The molecule has 2 aromatic carbocycles. The van der Waals surface area contributed by atoms with Crippen LogP contribution in [0.4, 0.5) is 26.3 Å². The van der Waals surface area contributed by atoms with Gasteiger partial charge >= 0.3 is 12.4 Å². The molecule has 0 aliphatic carbocycles. The molecular weight excluding hydrogens is 469 g/mol. The van der Waals surface area contributed by atoms with Crippen molar-refractivity contribution in [2.75, 3.05) is 0 Å². The SMILES string of the molecule is CCC(C)Oc1ccc(PC(=O)c2c(C(F)(F)F)cccc2C(F)(F)F)c(OC(C)CC)c1. The monoisotopic (exact) mass is 494 g/mol. The van der Waals surface area contributed by atoms with Gasteiger partial charge in [-0.2, -0.15) is 26.3 Å². The number of halogens is 6. The van der Waals surface area contributed by atoms with Crippen molar-refractivity contribution >= 4 is 19.4 Å². The molecule has 0 bridgehead atoms. The highest BCUT2D eigenvalue weighted by Crippen LogP contribution is 2.42. The van der Waals surface area contributed by atoms with Crippen molar-refractivity contribution in [3.05, 3.63) is 53.1 Å². The Labute approximate surface area is 190 Å². The third-order valence-corrected chi connectivity index (χ3v) is 6.08. The highest BCUT2D eigenvalue weighted by molar-refractivity contribution is 7.66. The van der Waals surface area contributed by atoms with Gasteiger partial charge in [0.25, 0.3) is 0 Å². The van der Waals surface area contributed by atoms with E-state index in [0.29, 0.717) is 30.4 Å². The standard InChI is InChI=1S/C23H25F6O3P/c1-5-13(3)31-15-10-11-19(18(12-15)32-14(4)6-2)33-21(30)20-16(22(24,25)26)8-7-9-17(20)23(27,28)29/h7-14,33H,5-6H2,1-4H3. The molecule has 3 unspecified atom stereocenters. The lowest BCUT2D eigenvalue weighted by Gasteiger charge is -2.20. The van der Waals surface area contributed by atoms with E-state index in [0.717, 1.165) is 6.42 Å². The molecule has 2 rings (SSSR count). The van der Waals surface area contributed by atoms with Crippen LogP contribution in [0.15, 0.2) is 36.4 Å². The fraction of sp³-hybridized carbons (Fsp3) is 0.435. The maximum Gasteiger partial charge on any atom is 0.417 e. The summed E-state index contributed by atoms with van der Waals surface area (Å²) in [6.45, 7) is 7.39. The van der Waals surface area contributed by atoms with Crippen LogP contribution < -0.4 is 14.8 Å². The molecule has 0 radical (unpaired) electrons. The van der Waals surface area contributed by atoms with Crippen molar-refractivity contribution in [1.82, 2.24) is 0 Å². The van der Waals surface area contributed by atoms with Gasteiger partial charge in [-0.25, -0.2) is 0 Å². The number of hydrogen-bond donors (Lipinski definition) is 0. The Balaban J connectivity index is 2.53. The van der Waals surface area contributed by atoms with Crippen molar-refractivity contribution in [3.8, 4) is 11.5 Å². The van der Waals surface area contributed by atoms with E-state index >= 15 is 0 Å². The van der Waals surface area contributed by atoms with Gasteiger partial charge in [-0.15, -0.1) is 0 Å². The fourth-order valence-corrected chi connectivity index (χ4v) is 3.91. The summed E-state index contributed by atoms with van der Waals surface area (Å²) < 4.78 is 92.3. The van der Waals surface area contributed by atoms with Crippen LogP contribution in [0.3, 0.4) is 0 Å². The van der Waals surface area contributed by atoms with Crippen LogP contribution in [0, 0.1) is 0 Å².